The van der Waals surface area contributed by atoms with E-state index in [1.807, 2.05) is 30.5 Å². The number of amides is 2. The van der Waals surface area contributed by atoms with Gasteiger partial charge in [-0.25, -0.2) is 9.37 Å². The molecule has 0 bridgehead atoms. The van der Waals surface area contributed by atoms with Crippen LogP contribution in [0.25, 0.3) is 11.4 Å². The SMILES string of the molecule is O=C(Nc1ccc(-c2ncc3n2CCCC3)cc1)C1CCCN(C(=O)c2ccc(F)cc2)C1. The minimum absolute atomic E-state index is 0.0856. The summed E-state index contributed by atoms with van der Waals surface area (Å²) in [4.78, 5) is 32.0. The number of rotatable bonds is 4. The molecule has 1 saturated heterocycles. The van der Waals surface area contributed by atoms with Crippen molar-refractivity contribution in [1.29, 1.82) is 0 Å². The van der Waals surface area contributed by atoms with Crippen molar-refractivity contribution in [2.45, 2.75) is 38.6 Å². The number of nitrogens with zero attached hydrogens (tertiary/aromatic N) is 3. The summed E-state index contributed by atoms with van der Waals surface area (Å²) >= 11 is 0. The summed E-state index contributed by atoms with van der Waals surface area (Å²) in [5.41, 5.74) is 3.49. The fourth-order valence-electron chi connectivity index (χ4n) is 4.76. The molecule has 1 aromatic heterocycles. The Labute approximate surface area is 192 Å². The number of nitrogens with one attached hydrogen (secondary N) is 1. The van der Waals surface area contributed by atoms with Gasteiger partial charge in [0.25, 0.3) is 5.91 Å². The van der Waals surface area contributed by atoms with E-state index in [9.17, 15) is 14.0 Å². The molecule has 2 aromatic carbocycles. The molecule has 5 rings (SSSR count). The smallest absolute Gasteiger partial charge is 0.253 e. The molecule has 7 heteroatoms. The highest BCUT2D eigenvalue weighted by Crippen LogP contribution is 2.26. The van der Waals surface area contributed by atoms with E-state index in [0.717, 1.165) is 42.9 Å². The second-order valence-electron chi connectivity index (χ2n) is 8.85. The van der Waals surface area contributed by atoms with Crippen molar-refractivity contribution in [2.24, 2.45) is 5.92 Å². The summed E-state index contributed by atoms with van der Waals surface area (Å²) in [6, 6.07) is 13.3. The maximum absolute atomic E-state index is 13.2. The lowest BCUT2D eigenvalue weighted by molar-refractivity contribution is -0.121. The molecule has 0 radical (unpaired) electrons. The molecule has 1 N–H and O–H groups in total. The monoisotopic (exact) mass is 446 g/mol. The first kappa shape index (κ1) is 21.4. The summed E-state index contributed by atoms with van der Waals surface area (Å²) in [7, 11) is 0. The maximum Gasteiger partial charge on any atom is 0.253 e. The lowest BCUT2D eigenvalue weighted by Gasteiger charge is -2.32. The topological polar surface area (TPSA) is 67.2 Å². The third-order valence-corrected chi connectivity index (χ3v) is 6.58. The Morgan fingerprint density at radius 1 is 0.970 bits per heavy atom. The van der Waals surface area contributed by atoms with Crippen LogP contribution in [0.4, 0.5) is 10.1 Å². The number of carbonyl (C=O) groups is 2. The minimum atomic E-state index is -0.374. The Morgan fingerprint density at radius 2 is 1.76 bits per heavy atom. The van der Waals surface area contributed by atoms with Crippen molar-refractivity contribution in [3.8, 4) is 11.4 Å². The number of anilines is 1. The van der Waals surface area contributed by atoms with Gasteiger partial charge in [0, 0.05) is 48.3 Å². The fourth-order valence-corrected chi connectivity index (χ4v) is 4.76. The quantitative estimate of drug-likeness (QED) is 0.641. The molecule has 0 saturated carbocycles. The zero-order valence-electron chi connectivity index (χ0n) is 18.5. The van der Waals surface area contributed by atoms with Crippen LogP contribution in [-0.2, 0) is 17.8 Å². The highest BCUT2D eigenvalue weighted by Gasteiger charge is 2.29. The number of halogens is 1. The number of hydrogen-bond donors (Lipinski definition) is 1. The summed E-state index contributed by atoms with van der Waals surface area (Å²) in [5, 5.41) is 3.00. The van der Waals surface area contributed by atoms with Crippen molar-refractivity contribution in [3.63, 3.8) is 0 Å². The Morgan fingerprint density at radius 3 is 2.55 bits per heavy atom. The van der Waals surface area contributed by atoms with Gasteiger partial charge in [-0.2, -0.15) is 0 Å². The predicted octanol–water partition coefficient (Wildman–Crippen LogP) is 4.52. The van der Waals surface area contributed by atoms with Gasteiger partial charge in [0.1, 0.15) is 11.6 Å². The molecular formula is C26H27FN4O2. The molecular weight excluding hydrogens is 419 g/mol. The largest absolute Gasteiger partial charge is 0.338 e. The number of imidazole rings is 1. The number of hydrogen-bond acceptors (Lipinski definition) is 3. The number of fused-ring (bicyclic) bond motifs is 1. The van der Waals surface area contributed by atoms with E-state index in [-0.39, 0.29) is 23.5 Å². The molecule has 3 aromatic rings. The van der Waals surface area contributed by atoms with Gasteiger partial charge in [-0.3, -0.25) is 9.59 Å². The molecule has 2 amide bonds. The highest BCUT2D eigenvalue weighted by molar-refractivity contribution is 5.96. The highest BCUT2D eigenvalue weighted by atomic mass is 19.1. The lowest BCUT2D eigenvalue weighted by Crippen LogP contribution is -2.43. The zero-order valence-corrected chi connectivity index (χ0v) is 18.5. The molecule has 33 heavy (non-hydrogen) atoms. The average molecular weight is 447 g/mol. The summed E-state index contributed by atoms with van der Waals surface area (Å²) in [6.45, 7) is 1.96. The number of likely N-dealkylation sites (tertiary alicyclic amines) is 1. The third kappa shape index (κ3) is 4.53. The number of aromatic nitrogens is 2. The molecule has 170 valence electrons. The van der Waals surface area contributed by atoms with Crippen LogP contribution in [-0.4, -0.2) is 39.4 Å². The standard InChI is InChI=1S/C26H27FN4O2/c27-21-10-6-19(7-11-21)26(33)30-14-3-4-20(17-30)25(32)29-22-12-8-18(9-13-22)24-28-16-23-5-1-2-15-31(23)24/h6-13,16,20H,1-5,14-15,17H2,(H,29,32). The van der Waals surface area contributed by atoms with Crippen LogP contribution in [0.3, 0.4) is 0 Å². The van der Waals surface area contributed by atoms with Gasteiger partial charge < -0.3 is 14.8 Å². The molecule has 0 aliphatic carbocycles. The summed E-state index contributed by atoms with van der Waals surface area (Å²) < 4.78 is 15.4. The van der Waals surface area contributed by atoms with Gasteiger partial charge in [0.15, 0.2) is 0 Å². The van der Waals surface area contributed by atoms with Gasteiger partial charge in [-0.15, -0.1) is 0 Å². The number of aryl methyl sites for hydroxylation is 1. The van der Waals surface area contributed by atoms with Crippen molar-refractivity contribution >= 4 is 17.5 Å². The van der Waals surface area contributed by atoms with E-state index >= 15 is 0 Å². The molecule has 1 atom stereocenters. The maximum atomic E-state index is 13.2. The number of benzene rings is 2. The van der Waals surface area contributed by atoms with E-state index in [0.29, 0.717) is 18.7 Å². The van der Waals surface area contributed by atoms with Crippen molar-refractivity contribution in [2.75, 3.05) is 18.4 Å². The molecule has 1 unspecified atom stereocenters. The van der Waals surface area contributed by atoms with Gasteiger partial charge in [-0.05, 0) is 80.6 Å². The first-order valence-electron chi connectivity index (χ1n) is 11.6. The third-order valence-electron chi connectivity index (χ3n) is 6.58. The summed E-state index contributed by atoms with van der Waals surface area (Å²) in [5.74, 6) is 0.0745. The average Bonchev–Trinajstić information content (AvgIpc) is 3.29. The minimum Gasteiger partial charge on any atom is -0.338 e. The van der Waals surface area contributed by atoms with Crippen molar-refractivity contribution in [1.82, 2.24) is 14.5 Å². The van der Waals surface area contributed by atoms with E-state index < -0.39 is 0 Å². The van der Waals surface area contributed by atoms with Crippen LogP contribution in [0.2, 0.25) is 0 Å². The number of piperidine rings is 1. The van der Waals surface area contributed by atoms with Gasteiger partial charge in [-0.1, -0.05) is 0 Å². The Bertz CT molecular complexity index is 1150. The zero-order chi connectivity index (χ0) is 22.8. The van der Waals surface area contributed by atoms with Crippen LogP contribution < -0.4 is 5.32 Å². The molecule has 2 aliphatic rings. The van der Waals surface area contributed by atoms with E-state index in [4.69, 9.17) is 0 Å². The van der Waals surface area contributed by atoms with Crippen LogP contribution in [0.1, 0.15) is 41.7 Å². The van der Waals surface area contributed by atoms with E-state index in [2.05, 4.69) is 14.9 Å². The molecule has 1 fully saturated rings. The van der Waals surface area contributed by atoms with E-state index in [1.165, 1.54) is 42.8 Å². The Kier molecular flexibility index (Phi) is 5.94. The normalized spacial score (nSPS) is 18.0. The van der Waals surface area contributed by atoms with Crippen molar-refractivity contribution < 1.29 is 14.0 Å². The number of carbonyl (C=O) groups excluding carboxylic acids is 2. The van der Waals surface area contributed by atoms with Gasteiger partial charge >= 0.3 is 0 Å². The molecule has 3 heterocycles. The molecule has 2 aliphatic heterocycles. The Hall–Kier alpha value is -3.48. The lowest BCUT2D eigenvalue weighted by atomic mass is 9.96. The van der Waals surface area contributed by atoms with E-state index in [1.54, 1.807) is 4.90 Å². The second-order valence-corrected chi connectivity index (χ2v) is 8.85. The van der Waals surface area contributed by atoms with Crippen molar-refractivity contribution in [3.05, 3.63) is 71.8 Å². The Balaban J connectivity index is 1.22. The van der Waals surface area contributed by atoms with Crippen LogP contribution in [0.15, 0.2) is 54.7 Å². The van der Waals surface area contributed by atoms with Crippen LogP contribution in [0.5, 0.6) is 0 Å². The van der Waals surface area contributed by atoms with Gasteiger partial charge in [0.05, 0.1) is 5.92 Å². The first-order valence-corrected chi connectivity index (χ1v) is 11.6. The first-order chi connectivity index (χ1) is 16.1. The van der Waals surface area contributed by atoms with Crippen LogP contribution >= 0.6 is 0 Å². The van der Waals surface area contributed by atoms with Crippen LogP contribution in [0, 0.1) is 11.7 Å². The molecule has 6 nitrogen and oxygen atoms in total. The summed E-state index contributed by atoms with van der Waals surface area (Å²) in [6.07, 6.45) is 6.92. The molecule has 0 spiro atoms. The fraction of sp³-hybridized carbons (Fsp3) is 0.346. The van der Waals surface area contributed by atoms with Gasteiger partial charge in [0.2, 0.25) is 5.91 Å². The predicted molar refractivity (Wildman–Crippen MR) is 124 cm³/mol. The second kappa shape index (κ2) is 9.17.